The van der Waals surface area contributed by atoms with Crippen LogP contribution in [0.1, 0.15) is 0 Å². The molecule has 1 N–H and O–H groups in total. The number of aliphatic hydroxyl groups is 1. The Morgan fingerprint density at radius 2 is 2.05 bits per heavy atom. The summed E-state index contributed by atoms with van der Waals surface area (Å²) in [5.74, 6) is 0.135. The lowest BCUT2D eigenvalue weighted by molar-refractivity contribution is -0.385. The highest BCUT2D eigenvalue weighted by molar-refractivity contribution is 5.45. The van der Waals surface area contributed by atoms with E-state index < -0.39 is 11.0 Å². The van der Waals surface area contributed by atoms with E-state index in [0.29, 0.717) is 0 Å². The number of aromatic nitrogens is 3. The maximum absolute atomic E-state index is 10.8. The molecule has 19 heavy (non-hydrogen) atoms. The predicted molar refractivity (Wildman–Crippen MR) is 64.6 cm³/mol. The van der Waals surface area contributed by atoms with Crippen LogP contribution >= 0.6 is 0 Å². The molecule has 0 aliphatic heterocycles. The molecule has 8 heteroatoms. The number of nitrogens with zero attached hydrogens (tertiary/aromatic N) is 4. The normalized spacial score (nSPS) is 12.1. The van der Waals surface area contributed by atoms with Gasteiger partial charge in [-0.1, -0.05) is 12.1 Å². The third-order valence-corrected chi connectivity index (χ3v) is 2.38. The standard InChI is InChI=1S/C11H12N4O4/c16-9(5-14-7-12-13-8-14)6-19-11-4-2-1-3-10(11)15(17)18/h1-4,7-9,16H,5-6H2. The van der Waals surface area contributed by atoms with Crippen molar-refractivity contribution in [2.45, 2.75) is 12.6 Å². The minimum absolute atomic E-state index is 0.0525. The smallest absolute Gasteiger partial charge is 0.310 e. The summed E-state index contributed by atoms with van der Waals surface area (Å²) in [6, 6.07) is 6.03. The molecule has 100 valence electrons. The Morgan fingerprint density at radius 1 is 1.37 bits per heavy atom. The molecule has 2 aromatic rings. The highest BCUT2D eigenvalue weighted by Gasteiger charge is 2.15. The van der Waals surface area contributed by atoms with Gasteiger partial charge in [-0.15, -0.1) is 10.2 Å². The molecule has 0 aliphatic rings. The highest BCUT2D eigenvalue weighted by atomic mass is 16.6. The summed E-state index contributed by atoms with van der Waals surface area (Å²) < 4.78 is 6.85. The molecule has 1 aromatic carbocycles. The second-order valence-electron chi connectivity index (χ2n) is 3.85. The van der Waals surface area contributed by atoms with E-state index >= 15 is 0 Å². The third-order valence-electron chi connectivity index (χ3n) is 2.38. The van der Waals surface area contributed by atoms with E-state index in [4.69, 9.17) is 4.74 Å². The number of para-hydroxylation sites is 2. The molecule has 0 spiro atoms. The Labute approximate surface area is 108 Å². The van der Waals surface area contributed by atoms with Crippen molar-refractivity contribution in [3.8, 4) is 5.75 Å². The van der Waals surface area contributed by atoms with Crippen molar-refractivity contribution >= 4 is 5.69 Å². The fraction of sp³-hybridized carbons (Fsp3) is 0.273. The van der Waals surface area contributed by atoms with Crippen molar-refractivity contribution in [1.82, 2.24) is 14.8 Å². The molecule has 8 nitrogen and oxygen atoms in total. The first kappa shape index (κ1) is 13.0. The predicted octanol–water partition coefficient (Wildman–Crippen LogP) is 0.626. The van der Waals surface area contributed by atoms with Crippen LogP contribution in [-0.4, -0.2) is 37.5 Å². The van der Waals surface area contributed by atoms with Crippen molar-refractivity contribution in [1.29, 1.82) is 0 Å². The van der Waals surface area contributed by atoms with Gasteiger partial charge in [-0.3, -0.25) is 10.1 Å². The third kappa shape index (κ3) is 3.49. The number of ether oxygens (including phenoxy) is 1. The molecule has 0 saturated carbocycles. The number of nitro groups is 1. The van der Waals surface area contributed by atoms with E-state index in [1.165, 1.54) is 24.8 Å². The fourth-order valence-electron chi connectivity index (χ4n) is 1.53. The van der Waals surface area contributed by atoms with Gasteiger partial charge in [0.15, 0.2) is 5.75 Å². The highest BCUT2D eigenvalue weighted by Crippen LogP contribution is 2.25. The SMILES string of the molecule is O=[N+]([O-])c1ccccc1OCC(O)Cn1cnnc1. The maximum atomic E-state index is 10.8. The lowest BCUT2D eigenvalue weighted by Crippen LogP contribution is -2.23. The summed E-state index contributed by atoms with van der Waals surface area (Å²) in [4.78, 5) is 10.2. The van der Waals surface area contributed by atoms with Crippen LogP contribution in [-0.2, 0) is 6.54 Å². The Hall–Kier alpha value is -2.48. The Bertz CT molecular complexity index is 543. The van der Waals surface area contributed by atoms with Gasteiger partial charge in [0, 0.05) is 6.07 Å². The molecular weight excluding hydrogens is 252 g/mol. The Morgan fingerprint density at radius 3 is 2.74 bits per heavy atom. The van der Waals surface area contributed by atoms with Crippen LogP contribution in [0.2, 0.25) is 0 Å². The van der Waals surface area contributed by atoms with E-state index in [9.17, 15) is 15.2 Å². The first-order valence-corrected chi connectivity index (χ1v) is 5.53. The summed E-state index contributed by atoms with van der Waals surface area (Å²) in [7, 11) is 0. The summed E-state index contributed by atoms with van der Waals surface area (Å²) in [6.45, 7) is 0.205. The van der Waals surface area contributed by atoms with Crippen LogP contribution in [0, 0.1) is 10.1 Å². The summed E-state index contributed by atoms with van der Waals surface area (Å²) in [5.41, 5.74) is -0.126. The average Bonchev–Trinajstić information content (AvgIpc) is 2.89. The molecule has 0 fully saturated rings. The fourth-order valence-corrected chi connectivity index (χ4v) is 1.53. The molecule has 2 rings (SSSR count). The van der Waals surface area contributed by atoms with Crippen LogP contribution < -0.4 is 4.74 Å². The zero-order chi connectivity index (χ0) is 13.7. The second kappa shape index (κ2) is 5.91. The lowest BCUT2D eigenvalue weighted by atomic mass is 10.3. The molecule has 0 bridgehead atoms. The second-order valence-corrected chi connectivity index (χ2v) is 3.85. The molecule has 0 radical (unpaired) electrons. The molecule has 0 saturated heterocycles. The monoisotopic (exact) mass is 264 g/mol. The number of hydrogen-bond donors (Lipinski definition) is 1. The molecule has 1 aromatic heterocycles. The van der Waals surface area contributed by atoms with E-state index in [2.05, 4.69) is 10.2 Å². The summed E-state index contributed by atoms with van der Waals surface area (Å²) in [5, 5.41) is 27.7. The van der Waals surface area contributed by atoms with Crippen LogP contribution in [0.4, 0.5) is 5.69 Å². The molecule has 1 atom stereocenters. The zero-order valence-corrected chi connectivity index (χ0v) is 9.92. The Balaban J connectivity index is 1.93. The number of hydrogen-bond acceptors (Lipinski definition) is 6. The number of benzene rings is 1. The van der Waals surface area contributed by atoms with E-state index in [-0.39, 0.29) is 24.6 Å². The molecular formula is C11H12N4O4. The molecule has 1 unspecified atom stereocenters. The van der Waals surface area contributed by atoms with Crippen molar-refractivity contribution < 1.29 is 14.8 Å². The van der Waals surface area contributed by atoms with Gasteiger partial charge in [0.1, 0.15) is 25.4 Å². The average molecular weight is 264 g/mol. The molecule has 0 amide bonds. The minimum Gasteiger partial charge on any atom is -0.484 e. The lowest BCUT2D eigenvalue weighted by Gasteiger charge is -2.12. The van der Waals surface area contributed by atoms with E-state index in [0.717, 1.165) is 0 Å². The van der Waals surface area contributed by atoms with Gasteiger partial charge >= 0.3 is 5.69 Å². The summed E-state index contributed by atoms with van der Waals surface area (Å²) in [6.07, 6.45) is 2.12. The van der Waals surface area contributed by atoms with Crippen molar-refractivity contribution in [3.05, 3.63) is 47.0 Å². The van der Waals surface area contributed by atoms with Crippen LogP contribution in [0.3, 0.4) is 0 Å². The van der Waals surface area contributed by atoms with Crippen LogP contribution in [0.5, 0.6) is 5.75 Å². The van der Waals surface area contributed by atoms with Gasteiger partial charge < -0.3 is 14.4 Å². The topological polar surface area (TPSA) is 103 Å². The van der Waals surface area contributed by atoms with Gasteiger partial charge in [0.25, 0.3) is 0 Å². The minimum atomic E-state index is -0.809. The molecule has 0 aliphatic carbocycles. The first-order valence-electron chi connectivity index (χ1n) is 5.53. The van der Waals surface area contributed by atoms with Gasteiger partial charge in [-0.05, 0) is 6.07 Å². The Kier molecular flexibility index (Phi) is 4.04. The van der Waals surface area contributed by atoms with E-state index in [1.807, 2.05) is 0 Å². The number of nitro benzene ring substituents is 1. The summed E-state index contributed by atoms with van der Waals surface area (Å²) >= 11 is 0. The van der Waals surface area contributed by atoms with Crippen molar-refractivity contribution in [2.75, 3.05) is 6.61 Å². The van der Waals surface area contributed by atoms with Gasteiger partial charge in [0.05, 0.1) is 11.5 Å². The van der Waals surface area contributed by atoms with E-state index in [1.54, 1.807) is 16.7 Å². The zero-order valence-electron chi connectivity index (χ0n) is 9.92. The number of rotatable bonds is 6. The van der Waals surface area contributed by atoms with Gasteiger partial charge in [-0.25, -0.2) is 0 Å². The largest absolute Gasteiger partial charge is 0.484 e. The van der Waals surface area contributed by atoms with Gasteiger partial charge in [-0.2, -0.15) is 0 Å². The van der Waals surface area contributed by atoms with Crippen molar-refractivity contribution in [2.24, 2.45) is 0 Å². The maximum Gasteiger partial charge on any atom is 0.310 e. The van der Waals surface area contributed by atoms with Gasteiger partial charge in [0.2, 0.25) is 0 Å². The van der Waals surface area contributed by atoms with Crippen LogP contribution in [0.25, 0.3) is 0 Å². The van der Waals surface area contributed by atoms with Crippen LogP contribution in [0.15, 0.2) is 36.9 Å². The quantitative estimate of drug-likeness (QED) is 0.606. The van der Waals surface area contributed by atoms with Crippen molar-refractivity contribution in [3.63, 3.8) is 0 Å². The number of aliphatic hydroxyl groups excluding tert-OH is 1. The first-order chi connectivity index (χ1) is 9.16. The molecule has 1 heterocycles.